The van der Waals surface area contributed by atoms with Crippen LogP contribution in [0.2, 0.25) is 0 Å². The van der Waals surface area contributed by atoms with E-state index >= 15 is 0 Å². The number of aromatic nitrogens is 3. The second kappa shape index (κ2) is 10.1. The zero-order valence-corrected chi connectivity index (χ0v) is 18.7. The first-order valence-corrected chi connectivity index (χ1v) is 10.7. The molecular formula is C22H25N5O3S. The number of aryl methyl sites for hydroxylation is 1. The Labute approximate surface area is 185 Å². The number of carbonyl (C=O) groups excluding carboxylic acids is 2. The second-order valence-electron chi connectivity index (χ2n) is 7.03. The molecule has 0 spiro atoms. The van der Waals surface area contributed by atoms with Crippen LogP contribution in [0.3, 0.4) is 0 Å². The Balaban J connectivity index is 1.55. The number of thioether (sulfide) groups is 1. The van der Waals surface area contributed by atoms with E-state index in [-0.39, 0.29) is 23.6 Å². The van der Waals surface area contributed by atoms with Gasteiger partial charge >= 0.3 is 0 Å². The molecule has 1 atom stereocenters. The first-order valence-electron chi connectivity index (χ1n) is 9.71. The Hall–Kier alpha value is -3.33. The standard InChI is InChI=1S/C22H25N5O3S/c1-14-5-7-16(8-6-14)21(29)23-15(2)20-25-26-22(27(20)3)31-13-19(28)24-17-9-11-18(30-4)12-10-17/h5-12,15H,13H2,1-4H3,(H,23,29)(H,24,28)/t15-/m1/s1. The van der Waals surface area contributed by atoms with Crippen LogP contribution in [0.5, 0.6) is 5.75 Å². The molecule has 0 aliphatic carbocycles. The van der Waals surface area contributed by atoms with E-state index in [1.807, 2.05) is 33.0 Å². The highest BCUT2D eigenvalue weighted by atomic mass is 32.2. The van der Waals surface area contributed by atoms with Crippen molar-refractivity contribution < 1.29 is 14.3 Å². The van der Waals surface area contributed by atoms with Gasteiger partial charge in [-0.05, 0) is 50.2 Å². The van der Waals surface area contributed by atoms with E-state index in [4.69, 9.17) is 4.74 Å². The van der Waals surface area contributed by atoms with E-state index in [1.165, 1.54) is 11.8 Å². The first-order chi connectivity index (χ1) is 14.9. The average Bonchev–Trinajstić information content (AvgIpc) is 3.13. The molecule has 0 radical (unpaired) electrons. The lowest BCUT2D eigenvalue weighted by atomic mass is 10.1. The van der Waals surface area contributed by atoms with Gasteiger partial charge in [0, 0.05) is 18.3 Å². The maximum Gasteiger partial charge on any atom is 0.251 e. The zero-order valence-electron chi connectivity index (χ0n) is 17.9. The summed E-state index contributed by atoms with van der Waals surface area (Å²) in [7, 11) is 3.40. The molecule has 0 bridgehead atoms. The van der Waals surface area contributed by atoms with Crippen LogP contribution in [0.1, 0.15) is 34.7 Å². The predicted molar refractivity (Wildman–Crippen MR) is 120 cm³/mol. The molecule has 3 aromatic rings. The van der Waals surface area contributed by atoms with E-state index in [9.17, 15) is 9.59 Å². The van der Waals surface area contributed by atoms with Gasteiger partial charge in [-0.3, -0.25) is 9.59 Å². The van der Waals surface area contributed by atoms with Crippen molar-refractivity contribution in [2.75, 3.05) is 18.2 Å². The quantitative estimate of drug-likeness (QED) is 0.523. The lowest BCUT2D eigenvalue weighted by molar-refractivity contribution is -0.113. The molecule has 31 heavy (non-hydrogen) atoms. The van der Waals surface area contributed by atoms with Gasteiger partial charge in [0.15, 0.2) is 11.0 Å². The molecule has 8 nitrogen and oxygen atoms in total. The van der Waals surface area contributed by atoms with Crippen molar-refractivity contribution in [3.63, 3.8) is 0 Å². The molecule has 3 rings (SSSR count). The molecule has 162 valence electrons. The molecular weight excluding hydrogens is 414 g/mol. The van der Waals surface area contributed by atoms with Crippen LogP contribution in [0.15, 0.2) is 53.7 Å². The highest BCUT2D eigenvalue weighted by Gasteiger charge is 2.19. The summed E-state index contributed by atoms with van der Waals surface area (Å²) in [5.74, 6) is 1.19. The third kappa shape index (κ3) is 5.85. The van der Waals surface area contributed by atoms with E-state index in [1.54, 1.807) is 48.1 Å². The Morgan fingerprint density at radius 1 is 1.10 bits per heavy atom. The normalized spacial score (nSPS) is 11.6. The van der Waals surface area contributed by atoms with Crippen molar-refractivity contribution in [1.29, 1.82) is 0 Å². The third-order valence-electron chi connectivity index (χ3n) is 4.62. The molecule has 2 N–H and O–H groups in total. The fourth-order valence-electron chi connectivity index (χ4n) is 2.88. The first kappa shape index (κ1) is 22.4. The van der Waals surface area contributed by atoms with Crippen LogP contribution in [0.4, 0.5) is 5.69 Å². The lowest BCUT2D eigenvalue weighted by Crippen LogP contribution is -2.28. The molecule has 1 aromatic heterocycles. The van der Waals surface area contributed by atoms with Crippen LogP contribution in [-0.2, 0) is 11.8 Å². The number of hydrogen-bond acceptors (Lipinski definition) is 6. The average molecular weight is 440 g/mol. The molecule has 2 aromatic carbocycles. The second-order valence-corrected chi connectivity index (χ2v) is 7.97. The summed E-state index contributed by atoms with van der Waals surface area (Å²) in [6.45, 7) is 3.82. The van der Waals surface area contributed by atoms with Gasteiger partial charge < -0.3 is 19.9 Å². The Morgan fingerprint density at radius 2 is 1.77 bits per heavy atom. The summed E-state index contributed by atoms with van der Waals surface area (Å²) in [6, 6.07) is 14.2. The molecule has 0 fully saturated rings. The number of amides is 2. The summed E-state index contributed by atoms with van der Waals surface area (Å²) < 4.78 is 6.89. The highest BCUT2D eigenvalue weighted by Crippen LogP contribution is 2.20. The number of carbonyl (C=O) groups is 2. The minimum Gasteiger partial charge on any atom is -0.497 e. The maximum atomic E-state index is 12.5. The topological polar surface area (TPSA) is 98.1 Å². The van der Waals surface area contributed by atoms with E-state index in [0.29, 0.717) is 22.2 Å². The van der Waals surface area contributed by atoms with Gasteiger partial charge in [-0.15, -0.1) is 10.2 Å². The smallest absolute Gasteiger partial charge is 0.251 e. The van der Waals surface area contributed by atoms with Gasteiger partial charge in [-0.25, -0.2) is 0 Å². The number of benzene rings is 2. The van der Waals surface area contributed by atoms with Gasteiger partial charge in [-0.2, -0.15) is 0 Å². The van der Waals surface area contributed by atoms with Crippen molar-refractivity contribution in [1.82, 2.24) is 20.1 Å². The Kier molecular flexibility index (Phi) is 7.30. The number of anilines is 1. The number of hydrogen-bond donors (Lipinski definition) is 2. The van der Waals surface area contributed by atoms with E-state index in [0.717, 1.165) is 11.3 Å². The summed E-state index contributed by atoms with van der Waals surface area (Å²) in [5, 5.41) is 14.7. The minimum atomic E-state index is -0.339. The van der Waals surface area contributed by atoms with Gasteiger partial charge in [-0.1, -0.05) is 29.5 Å². The highest BCUT2D eigenvalue weighted by molar-refractivity contribution is 7.99. The van der Waals surface area contributed by atoms with Crippen LogP contribution in [0.25, 0.3) is 0 Å². The maximum absolute atomic E-state index is 12.5. The summed E-state index contributed by atoms with van der Waals surface area (Å²) in [4.78, 5) is 24.7. The molecule has 0 unspecified atom stereocenters. The fraction of sp³-hybridized carbons (Fsp3) is 0.273. The molecule has 0 aliphatic heterocycles. The zero-order chi connectivity index (χ0) is 22.4. The fourth-order valence-corrected chi connectivity index (χ4v) is 3.60. The van der Waals surface area contributed by atoms with E-state index in [2.05, 4.69) is 20.8 Å². The van der Waals surface area contributed by atoms with Crippen molar-refractivity contribution in [3.8, 4) is 5.75 Å². The lowest BCUT2D eigenvalue weighted by Gasteiger charge is -2.13. The SMILES string of the molecule is COc1ccc(NC(=O)CSc2nnc([C@@H](C)NC(=O)c3ccc(C)cc3)n2C)cc1. The third-order valence-corrected chi connectivity index (χ3v) is 5.64. The largest absolute Gasteiger partial charge is 0.497 e. The van der Waals surface area contributed by atoms with Crippen LogP contribution < -0.4 is 15.4 Å². The van der Waals surface area contributed by atoms with Crippen LogP contribution >= 0.6 is 11.8 Å². The summed E-state index contributed by atoms with van der Waals surface area (Å²) >= 11 is 1.28. The molecule has 1 heterocycles. The number of nitrogens with zero attached hydrogens (tertiary/aromatic N) is 3. The van der Waals surface area contributed by atoms with Crippen molar-refractivity contribution >= 4 is 29.3 Å². The van der Waals surface area contributed by atoms with Crippen molar-refractivity contribution in [2.45, 2.75) is 25.0 Å². The van der Waals surface area contributed by atoms with Gasteiger partial charge in [0.05, 0.1) is 18.9 Å². The Bertz CT molecular complexity index is 1050. The molecule has 0 aliphatic rings. The monoisotopic (exact) mass is 439 g/mol. The minimum absolute atomic E-state index is 0.152. The van der Waals surface area contributed by atoms with Crippen LogP contribution in [0, 0.1) is 6.92 Å². The Morgan fingerprint density at radius 3 is 2.42 bits per heavy atom. The molecule has 2 amide bonds. The molecule has 0 saturated heterocycles. The van der Waals surface area contributed by atoms with Crippen molar-refractivity contribution in [3.05, 3.63) is 65.5 Å². The predicted octanol–water partition coefficient (Wildman–Crippen LogP) is 3.35. The van der Waals surface area contributed by atoms with Gasteiger partial charge in [0.1, 0.15) is 5.75 Å². The van der Waals surface area contributed by atoms with E-state index < -0.39 is 0 Å². The van der Waals surface area contributed by atoms with Gasteiger partial charge in [0.2, 0.25) is 5.91 Å². The molecule has 9 heteroatoms. The number of methoxy groups -OCH3 is 1. The van der Waals surface area contributed by atoms with Gasteiger partial charge in [0.25, 0.3) is 5.91 Å². The van der Waals surface area contributed by atoms with Crippen LogP contribution in [-0.4, -0.2) is 39.4 Å². The number of nitrogens with one attached hydrogen (secondary N) is 2. The number of rotatable bonds is 8. The van der Waals surface area contributed by atoms with Crippen molar-refractivity contribution in [2.24, 2.45) is 7.05 Å². The number of ether oxygens (including phenoxy) is 1. The summed E-state index contributed by atoms with van der Waals surface area (Å²) in [6.07, 6.45) is 0. The summed E-state index contributed by atoms with van der Waals surface area (Å²) in [5.41, 5.74) is 2.37. The molecule has 0 saturated carbocycles.